The summed E-state index contributed by atoms with van der Waals surface area (Å²) in [5.41, 5.74) is 2.08. The second kappa shape index (κ2) is 6.50. The average molecular weight is 301 g/mol. The normalized spacial score (nSPS) is 23.1. The first-order valence-electron chi connectivity index (χ1n) is 7.99. The van der Waals surface area contributed by atoms with Gasteiger partial charge >= 0.3 is 0 Å². The second-order valence-electron chi connectivity index (χ2n) is 5.49. The van der Waals surface area contributed by atoms with Gasteiger partial charge in [0.05, 0.1) is 17.7 Å². The highest BCUT2D eigenvalue weighted by Gasteiger charge is 2.33. The topological polar surface area (TPSA) is 60.6 Å². The predicted octanol–water partition coefficient (Wildman–Crippen LogP) is 2.88. The highest BCUT2D eigenvalue weighted by Crippen LogP contribution is 2.32. The minimum Gasteiger partial charge on any atom is -0.411 e. The minimum absolute atomic E-state index is 0.378. The van der Waals surface area contributed by atoms with E-state index in [0.29, 0.717) is 18.0 Å². The van der Waals surface area contributed by atoms with Crippen molar-refractivity contribution in [3.63, 3.8) is 0 Å². The van der Waals surface area contributed by atoms with Gasteiger partial charge in [-0.15, -0.1) is 0 Å². The number of hydrogen-bond donors (Lipinski definition) is 1. The van der Waals surface area contributed by atoms with Gasteiger partial charge in [-0.1, -0.05) is 13.8 Å². The van der Waals surface area contributed by atoms with Crippen molar-refractivity contribution in [2.75, 3.05) is 18.0 Å². The first-order chi connectivity index (χ1) is 10.8. The minimum atomic E-state index is 0.378. The summed E-state index contributed by atoms with van der Waals surface area (Å²) < 4.78 is 5.88. The molecule has 2 N–H and O–H groups in total. The maximum Gasteiger partial charge on any atom is 0.157 e. The van der Waals surface area contributed by atoms with Gasteiger partial charge in [-0.2, -0.15) is 5.90 Å². The van der Waals surface area contributed by atoms with E-state index in [1.807, 2.05) is 19.9 Å². The molecule has 0 saturated carbocycles. The van der Waals surface area contributed by atoms with Gasteiger partial charge in [0.1, 0.15) is 0 Å². The maximum atomic E-state index is 5.88. The molecule has 5 nitrogen and oxygen atoms in total. The summed E-state index contributed by atoms with van der Waals surface area (Å²) in [4.78, 5) is 11.7. The van der Waals surface area contributed by atoms with Gasteiger partial charge in [-0.05, 0) is 31.0 Å². The molecule has 5 heteroatoms. The molecule has 2 aliphatic heterocycles. The van der Waals surface area contributed by atoms with Crippen molar-refractivity contribution in [1.82, 2.24) is 4.98 Å². The number of nitrogens with zero attached hydrogens (tertiary/aromatic N) is 2. The maximum absolute atomic E-state index is 5.88. The Hall–Kier alpha value is -1.85. The van der Waals surface area contributed by atoms with Crippen LogP contribution in [0.1, 0.15) is 26.7 Å². The molecule has 2 aromatic rings. The van der Waals surface area contributed by atoms with Crippen LogP contribution in [0.4, 0.5) is 5.69 Å². The second-order valence-corrected chi connectivity index (χ2v) is 5.49. The van der Waals surface area contributed by atoms with E-state index in [1.165, 1.54) is 18.5 Å². The molecule has 1 aromatic carbocycles. The third kappa shape index (κ3) is 2.74. The number of anilines is 1. The summed E-state index contributed by atoms with van der Waals surface area (Å²) in [7, 11) is 0. The number of pyridine rings is 1. The molecule has 22 heavy (non-hydrogen) atoms. The van der Waals surface area contributed by atoms with Crippen LogP contribution in [0.25, 0.3) is 10.9 Å². The molecule has 2 atom stereocenters. The Labute approximate surface area is 131 Å². The lowest BCUT2D eigenvalue weighted by Gasteiger charge is -2.34. The molecule has 118 valence electrons. The summed E-state index contributed by atoms with van der Waals surface area (Å²) in [6, 6.07) is 8.02. The summed E-state index contributed by atoms with van der Waals surface area (Å²) in [5, 5.41) is 0.950. The largest absolute Gasteiger partial charge is 0.411 e. The summed E-state index contributed by atoms with van der Waals surface area (Å²) >= 11 is 0. The monoisotopic (exact) mass is 301 g/mol. The number of aromatic nitrogens is 1. The van der Waals surface area contributed by atoms with Crippen molar-refractivity contribution < 1.29 is 9.57 Å². The Morgan fingerprint density at radius 2 is 1.91 bits per heavy atom. The zero-order chi connectivity index (χ0) is 15.5. The Morgan fingerprint density at radius 3 is 2.59 bits per heavy atom. The lowest BCUT2D eigenvalue weighted by atomic mass is 10.1. The van der Waals surface area contributed by atoms with Crippen molar-refractivity contribution in [3.8, 4) is 5.75 Å². The highest BCUT2D eigenvalue weighted by molar-refractivity contribution is 5.88. The molecule has 0 spiro atoms. The van der Waals surface area contributed by atoms with Crippen molar-refractivity contribution in [1.29, 1.82) is 0 Å². The van der Waals surface area contributed by atoms with Crippen molar-refractivity contribution in [2.45, 2.75) is 38.9 Å². The van der Waals surface area contributed by atoms with Crippen LogP contribution >= 0.6 is 0 Å². The Kier molecular flexibility index (Phi) is 4.45. The summed E-state index contributed by atoms with van der Waals surface area (Å²) in [6.07, 6.45) is 4.81. The fourth-order valence-corrected chi connectivity index (χ4v) is 3.23. The molecule has 2 aliphatic rings. The molecule has 1 aromatic heterocycles. The standard InChI is InChI=1S/C15H17N3O2.C2H6/c16-20-15-5-6-17-14-4-1-10(7-13(14)15)18-8-11-2-3-12(9-18)19-11;1-2/h1,4-7,11-12H,2-3,8-9,16H2;1-2H3. The fourth-order valence-electron chi connectivity index (χ4n) is 3.23. The van der Waals surface area contributed by atoms with Crippen molar-refractivity contribution in [3.05, 3.63) is 30.5 Å². The molecule has 3 heterocycles. The number of benzene rings is 1. The van der Waals surface area contributed by atoms with E-state index in [0.717, 1.165) is 24.0 Å². The SMILES string of the molecule is CC.NOc1ccnc2ccc(N3CC4CCC(C3)O4)cc12. The summed E-state index contributed by atoms with van der Waals surface area (Å²) in [5.74, 6) is 6.00. The lowest BCUT2D eigenvalue weighted by molar-refractivity contribution is 0.0305. The predicted molar refractivity (Wildman–Crippen MR) is 88.0 cm³/mol. The number of morpholine rings is 1. The van der Waals surface area contributed by atoms with Crippen LogP contribution in [0.3, 0.4) is 0 Å². The Balaban J connectivity index is 0.000000693. The first kappa shape index (κ1) is 15.1. The smallest absolute Gasteiger partial charge is 0.157 e. The van der Waals surface area contributed by atoms with Crippen LogP contribution in [0.5, 0.6) is 5.75 Å². The van der Waals surface area contributed by atoms with Crippen LogP contribution < -0.4 is 15.6 Å². The first-order valence-corrected chi connectivity index (χ1v) is 7.99. The Morgan fingerprint density at radius 1 is 1.18 bits per heavy atom. The molecular formula is C17H23N3O2. The van der Waals surface area contributed by atoms with E-state index in [1.54, 1.807) is 12.3 Å². The molecule has 2 unspecified atom stereocenters. The van der Waals surface area contributed by atoms with Crippen LogP contribution in [-0.2, 0) is 4.74 Å². The molecule has 4 rings (SSSR count). The lowest BCUT2D eigenvalue weighted by Crippen LogP contribution is -2.42. The van der Waals surface area contributed by atoms with Crippen molar-refractivity contribution >= 4 is 16.6 Å². The van der Waals surface area contributed by atoms with Gasteiger partial charge in [-0.3, -0.25) is 4.98 Å². The zero-order valence-electron chi connectivity index (χ0n) is 13.2. The third-order valence-corrected chi connectivity index (χ3v) is 4.22. The number of nitrogens with two attached hydrogens (primary N) is 1. The van der Waals surface area contributed by atoms with Gasteiger partial charge in [0.2, 0.25) is 0 Å². The van der Waals surface area contributed by atoms with E-state index < -0.39 is 0 Å². The number of hydrogen-bond acceptors (Lipinski definition) is 5. The van der Waals surface area contributed by atoms with Gasteiger partial charge in [-0.25, -0.2) is 0 Å². The molecule has 2 bridgehead atoms. The molecular weight excluding hydrogens is 278 g/mol. The third-order valence-electron chi connectivity index (χ3n) is 4.22. The number of rotatable bonds is 2. The highest BCUT2D eigenvalue weighted by atomic mass is 16.6. The van der Waals surface area contributed by atoms with Gasteiger partial charge < -0.3 is 14.5 Å². The number of ether oxygens (including phenoxy) is 1. The molecule has 0 radical (unpaired) electrons. The average Bonchev–Trinajstić information content (AvgIpc) is 2.93. The van der Waals surface area contributed by atoms with E-state index in [4.69, 9.17) is 15.5 Å². The molecule has 0 amide bonds. The zero-order valence-corrected chi connectivity index (χ0v) is 13.2. The number of fused-ring (bicyclic) bond motifs is 3. The molecule has 2 saturated heterocycles. The summed E-state index contributed by atoms with van der Waals surface area (Å²) in [6.45, 7) is 5.92. The van der Waals surface area contributed by atoms with E-state index in [9.17, 15) is 0 Å². The molecule has 0 aliphatic carbocycles. The van der Waals surface area contributed by atoms with Crippen LogP contribution in [-0.4, -0.2) is 30.3 Å². The quantitative estimate of drug-likeness (QED) is 0.864. The Bertz CT molecular complexity index is 635. The fraction of sp³-hybridized carbons (Fsp3) is 0.471. The van der Waals surface area contributed by atoms with Gasteiger partial charge in [0.25, 0.3) is 0 Å². The van der Waals surface area contributed by atoms with Crippen LogP contribution in [0, 0.1) is 0 Å². The van der Waals surface area contributed by atoms with Gasteiger partial charge in [0.15, 0.2) is 5.75 Å². The van der Waals surface area contributed by atoms with Gasteiger partial charge in [0, 0.05) is 36.4 Å². The van der Waals surface area contributed by atoms with E-state index in [2.05, 4.69) is 22.0 Å². The van der Waals surface area contributed by atoms with Crippen molar-refractivity contribution in [2.24, 2.45) is 5.90 Å². The van der Waals surface area contributed by atoms with E-state index >= 15 is 0 Å². The van der Waals surface area contributed by atoms with Crippen LogP contribution in [0.15, 0.2) is 30.5 Å². The van der Waals surface area contributed by atoms with Crippen LogP contribution in [0.2, 0.25) is 0 Å². The molecule has 2 fully saturated rings. The van der Waals surface area contributed by atoms with E-state index in [-0.39, 0.29) is 0 Å².